The molecule has 1 aliphatic rings. The predicted octanol–water partition coefficient (Wildman–Crippen LogP) is 4.98. The van der Waals surface area contributed by atoms with Crippen LogP contribution in [0.25, 0.3) is 16.7 Å². The molecule has 0 bridgehead atoms. The Balaban J connectivity index is 1.73. The van der Waals surface area contributed by atoms with Crippen LogP contribution < -0.4 is 14.8 Å². The van der Waals surface area contributed by atoms with Crippen molar-refractivity contribution in [3.05, 3.63) is 59.7 Å². The van der Waals surface area contributed by atoms with E-state index in [9.17, 15) is 8.78 Å². The van der Waals surface area contributed by atoms with Crippen molar-refractivity contribution >= 4 is 22.5 Å². The summed E-state index contributed by atoms with van der Waals surface area (Å²) < 4.78 is 45.4. The number of aryl methyl sites for hydroxylation is 1. The lowest BCUT2D eigenvalue weighted by atomic mass is 10.0. The molecule has 0 amide bonds. The molecule has 6 nitrogen and oxygen atoms in total. The van der Waals surface area contributed by atoms with E-state index in [2.05, 4.69) is 21.9 Å². The largest absolute Gasteiger partial charge is 0.487 e. The van der Waals surface area contributed by atoms with Crippen LogP contribution in [0.4, 0.5) is 14.6 Å². The van der Waals surface area contributed by atoms with E-state index in [1.165, 1.54) is 6.07 Å². The normalized spacial score (nSPS) is 15.0. The monoisotopic (exact) mass is 427 g/mol. The van der Waals surface area contributed by atoms with Gasteiger partial charge in [-0.25, -0.2) is 18.7 Å². The number of rotatable bonds is 4. The number of hydrogen-bond acceptors (Lipinski definition) is 6. The first-order chi connectivity index (χ1) is 14.9. The molecule has 1 aromatic heterocycles. The molecule has 0 spiro atoms. The smallest absolute Gasteiger partial charge is 0.163 e. The van der Waals surface area contributed by atoms with Crippen LogP contribution in [-0.4, -0.2) is 36.4 Å². The van der Waals surface area contributed by atoms with Gasteiger partial charge in [0.2, 0.25) is 0 Å². The maximum absolute atomic E-state index is 14.8. The Labute approximate surface area is 178 Å². The number of hydrogen-bond donors (Lipinski definition) is 1. The van der Waals surface area contributed by atoms with E-state index in [0.717, 1.165) is 0 Å². The molecule has 0 fully saturated rings. The van der Waals surface area contributed by atoms with Crippen LogP contribution in [0.15, 0.2) is 36.9 Å². The van der Waals surface area contributed by atoms with Crippen molar-refractivity contribution in [1.29, 1.82) is 0 Å². The van der Waals surface area contributed by atoms with Crippen molar-refractivity contribution in [3.63, 3.8) is 0 Å². The molecule has 0 radical (unpaired) electrons. The Kier molecular flexibility index (Phi) is 5.99. The molecule has 31 heavy (non-hydrogen) atoms. The minimum Gasteiger partial charge on any atom is -0.487 e. The van der Waals surface area contributed by atoms with Gasteiger partial charge < -0.3 is 19.5 Å². The van der Waals surface area contributed by atoms with Gasteiger partial charge in [-0.2, -0.15) is 0 Å². The molecular formula is C23H23F2N3O3. The summed E-state index contributed by atoms with van der Waals surface area (Å²) in [7, 11) is 0. The molecule has 162 valence electrons. The van der Waals surface area contributed by atoms with Gasteiger partial charge in [-0.3, -0.25) is 0 Å². The summed E-state index contributed by atoms with van der Waals surface area (Å²) in [5.41, 5.74) is 0.816. The van der Waals surface area contributed by atoms with Gasteiger partial charge in [0.25, 0.3) is 0 Å². The van der Waals surface area contributed by atoms with Crippen molar-refractivity contribution in [1.82, 2.24) is 9.97 Å². The number of halogens is 2. The molecule has 2 aromatic carbocycles. The lowest BCUT2D eigenvalue weighted by molar-refractivity contribution is 0.0877. The number of anilines is 1. The standard InChI is InChI=1S/C23H23F2N3O3/c1-13(24)16-5-4-6-17(22(16)25)14(2)26-23-18-11-20-21(12-19(18)27-15(3)28-23)31-10-8-29-7-9-30-20/h4-6,11-12,14H,1,7-10H2,2-3H3,(H,26,27,28)/t14-/m1/s1. The summed E-state index contributed by atoms with van der Waals surface area (Å²) >= 11 is 0. The Morgan fingerprint density at radius 3 is 2.52 bits per heavy atom. The van der Waals surface area contributed by atoms with Crippen LogP contribution in [0.5, 0.6) is 11.5 Å². The van der Waals surface area contributed by atoms with Gasteiger partial charge in [0.05, 0.1) is 24.8 Å². The van der Waals surface area contributed by atoms with Crippen molar-refractivity contribution in [3.8, 4) is 11.5 Å². The fourth-order valence-electron chi connectivity index (χ4n) is 3.49. The van der Waals surface area contributed by atoms with E-state index in [0.29, 0.717) is 66.0 Å². The van der Waals surface area contributed by atoms with Gasteiger partial charge in [0.15, 0.2) is 11.5 Å². The molecule has 4 rings (SSSR count). The first kappa shape index (κ1) is 21.0. The molecule has 3 aromatic rings. The maximum atomic E-state index is 14.8. The summed E-state index contributed by atoms with van der Waals surface area (Å²) in [5, 5.41) is 3.93. The van der Waals surface area contributed by atoms with Gasteiger partial charge in [-0.1, -0.05) is 18.7 Å². The third kappa shape index (κ3) is 4.44. The summed E-state index contributed by atoms with van der Waals surface area (Å²) in [6, 6.07) is 7.67. The minimum absolute atomic E-state index is 0.153. The van der Waals surface area contributed by atoms with Crippen molar-refractivity contribution in [2.45, 2.75) is 19.9 Å². The highest BCUT2D eigenvalue weighted by molar-refractivity contribution is 5.92. The number of fused-ring (bicyclic) bond motifs is 2. The van der Waals surface area contributed by atoms with Gasteiger partial charge in [-0.15, -0.1) is 0 Å². The van der Waals surface area contributed by atoms with Crippen LogP contribution in [0.3, 0.4) is 0 Å². The fraction of sp³-hybridized carbons (Fsp3) is 0.304. The molecule has 2 heterocycles. The zero-order valence-electron chi connectivity index (χ0n) is 17.4. The highest BCUT2D eigenvalue weighted by Crippen LogP contribution is 2.36. The van der Waals surface area contributed by atoms with Gasteiger partial charge >= 0.3 is 0 Å². The summed E-state index contributed by atoms with van der Waals surface area (Å²) in [6.45, 7) is 8.49. The molecule has 8 heteroatoms. The van der Waals surface area contributed by atoms with E-state index in [1.54, 1.807) is 38.1 Å². The third-order valence-corrected chi connectivity index (χ3v) is 4.98. The molecule has 1 N–H and O–H groups in total. The third-order valence-electron chi connectivity index (χ3n) is 4.98. The van der Waals surface area contributed by atoms with Crippen LogP contribution >= 0.6 is 0 Å². The van der Waals surface area contributed by atoms with E-state index >= 15 is 0 Å². The average molecular weight is 427 g/mol. The summed E-state index contributed by atoms with van der Waals surface area (Å²) in [6.07, 6.45) is 0. The van der Waals surface area contributed by atoms with Crippen molar-refractivity contribution in [2.24, 2.45) is 0 Å². The number of aromatic nitrogens is 2. The van der Waals surface area contributed by atoms with Gasteiger partial charge in [0.1, 0.15) is 36.5 Å². The molecule has 1 atom stereocenters. The zero-order chi connectivity index (χ0) is 22.0. The number of nitrogens with zero attached hydrogens (tertiary/aromatic N) is 2. The first-order valence-corrected chi connectivity index (χ1v) is 9.99. The Bertz CT molecular complexity index is 1140. The van der Waals surface area contributed by atoms with Crippen molar-refractivity contribution in [2.75, 3.05) is 31.7 Å². The van der Waals surface area contributed by atoms with E-state index in [1.807, 2.05) is 0 Å². The lowest BCUT2D eigenvalue weighted by Gasteiger charge is -2.19. The minimum atomic E-state index is -0.814. The molecule has 0 unspecified atom stereocenters. The molecule has 0 saturated heterocycles. The second-order valence-corrected chi connectivity index (χ2v) is 7.22. The van der Waals surface area contributed by atoms with Crippen LogP contribution in [0.1, 0.15) is 29.9 Å². The Hall–Kier alpha value is -3.26. The van der Waals surface area contributed by atoms with Crippen LogP contribution in [-0.2, 0) is 4.74 Å². The molecular weight excluding hydrogens is 404 g/mol. The lowest BCUT2D eigenvalue weighted by Crippen LogP contribution is -2.12. The number of ether oxygens (including phenoxy) is 3. The second-order valence-electron chi connectivity index (χ2n) is 7.22. The highest BCUT2D eigenvalue weighted by Gasteiger charge is 2.19. The Morgan fingerprint density at radius 1 is 1.10 bits per heavy atom. The predicted molar refractivity (Wildman–Crippen MR) is 115 cm³/mol. The van der Waals surface area contributed by atoms with Gasteiger partial charge in [0, 0.05) is 22.6 Å². The topological polar surface area (TPSA) is 65.5 Å². The van der Waals surface area contributed by atoms with Crippen LogP contribution in [0.2, 0.25) is 0 Å². The molecule has 0 aliphatic carbocycles. The van der Waals surface area contributed by atoms with E-state index in [4.69, 9.17) is 14.2 Å². The molecule has 1 aliphatic heterocycles. The quantitative estimate of drug-likeness (QED) is 0.634. The average Bonchev–Trinajstić information content (AvgIpc) is 2.84. The fourth-order valence-corrected chi connectivity index (χ4v) is 3.49. The second kappa shape index (κ2) is 8.85. The summed E-state index contributed by atoms with van der Waals surface area (Å²) in [5.74, 6) is 0.731. The SMILES string of the molecule is C=C(F)c1cccc([C@@H](C)Nc2nc(C)nc3cc4c(cc23)OCCOCCO4)c1F. The first-order valence-electron chi connectivity index (χ1n) is 9.99. The van der Waals surface area contributed by atoms with Crippen molar-refractivity contribution < 1.29 is 23.0 Å². The zero-order valence-corrected chi connectivity index (χ0v) is 17.4. The van der Waals surface area contributed by atoms with E-state index in [-0.39, 0.29) is 5.56 Å². The summed E-state index contributed by atoms with van der Waals surface area (Å²) in [4.78, 5) is 9.01. The molecule has 0 saturated carbocycles. The number of nitrogens with one attached hydrogen (secondary N) is 1. The Morgan fingerprint density at radius 2 is 1.81 bits per heavy atom. The number of benzene rings is 2. The van der Waals surface area contributed by atoms with E-state index < -0.39 is 17.7 Å². The highest BCUT2D eigenvalue weighted by atomic mass is 19.1. The maximum Gasteiger partial charge on any atom is 0.163 e. The van der Waals surface area contributed by atoms with Crippen LogP contribution in [0, 0.1) is 12.7 Å². The van der Waals surface area contributed by atoms with Gasteiger partial charge in [-0.05, 0) is 26.0 Å².